The lowest BCUT2D eigenvalue weighted by Gasteiger charge is -2.36. The van der Waals surface area contributed by atoms with E-state index < -0.39 is 0 Å². The van der Waals surface area contributed by atoms with Gasteiger partial charge < -0.3 is 5.32 Å². The highest BCUT2D eigenvalue weighted by Gasteiger charge is 2.36. The summed E-state index contributed by atoms with van der Waals surface area (Å²) < 4.78 is 0. The SMILES string of the molecule is C1CCC2NC(CN3CCN(C4CC4)CC3)CC2C1. The highest BCUT2D eigenvalue weighted by atomic mass is 15.3. The molecule has 0 radical (unpaired) electrons. The molecule has 2 aliphatic carbocycles. The van der Waals surface area contributed by atoms with Gasteiger partial charge >= 0.3 is 0 Å². The fraction of sp³-hybridized carbons (Fsp3) is 1.00. The average molecular weight is 263 g/mol. The Morgan fingerprint density at radius 3 is 2.42 bits per heavy atom. The van der Waals surface area contributed by atoms with Gasteiger partial charge in [0.05, 0.1) is 0 Å². The Labute approximate surface area is 117 Å². The molecule has 4 aliphatic rings. The highest BCUT2D eigenvalue weighted by Crippen LogP contribution is 2.33. The number of nitrogens with zero attached hydrogens (tertiary/aromatic N) is 2. The van der Waals surface area contributed by atoms with Gasteiger partial charge in [0.1, 0.15) is 0 Å². The van der Waals surface area contributed by atoms with Gasteiger partial charge in [-0.25, -0.2) is 0 Å². The zero-order chi connectivity index (χ0) is 12.7. The topological polar surface area (TPSA) is 18.5 Å². The van der Waals surface area contributed by atoms with Crippen LogP contribution in [0.25, 0.3) is 0 Å². The van der Waals surface area contributed by atoms with E-state index in [0.717, 1.165) is 24.0 Å². The molecule has 108 valence electrons. The van der Waals surface area contributed by atoms with Crippen LogP contribution in [-0.2, 0) is 0 Å². The first-order chi connectivity index (χ1) is 9.38. The molecule has 3 atom stereocenters. The summed E-state index contributed by atoms with van der Waals surface area (Å²) in [5.74, 6) is 1.01. The molecule has 0 aromatic rings. The van der Waals surface area contributed by atoms with E-state index in [-0.39, 0.29) is 0 Å². The van der Waals surface area contributed by atoms with Crippen LogP contribution < -0.4 is 5.32 Å². The molecule has 4 rings (SSSR count). The number of rotatable bonds is 3. The molecule has 2 saturated carbocycles. The maximum Gasteiger partial charge on any atom is 0.0200 e. The Morgan fingerprint density at radius 1 is 0.895 bits per heavy atom. The van der Waals surface area contributed by atoms with Crippen LogP contribution >= 0.6 is 0 Å². The third kappa shape index (κ3) is 2.84. The minimum absolute atomic E-state index is 0.792. The third-order valence-corrected chi connectivity index (χ3v) is 5.89. The highest BCUT2D eigenvalue weighted by molar-refractivity contribution is 4.95. The molecule has 0 aromatic carbocycles. The first-order valence-corrected chi connectivity index (χ1v) is 8.61. The minimum atomic E-state index is 0.792. The van der Waals surface area contributed by atoms with Gasteiger partial charge in [-0.2, -0.15) is 0 Å². The van der Waals surface area contributed by atoms with Crippen molar-refractivity contribution in [1.29, 1.82) is 0 Å². The van der Waals surface area contributed by atoms with Gasteiger partial charge in [-0.1, -0.05) is 12.8 Å². The van der Waals surface area contributed by atoms with Crippen LogP contribution in [0.5, 0.6) is 0 Å². The normalized spacial score (nSPS) is 41.4. The fourth-order valence-electron chi connectivity index (χ4n) is 4.64. The van der Waals surface area contributed by atoms with E-state index in [2.05, 4.69) is 15.1 Å². The number of nitrogens with one attached hydrogen (secondary N) is 1. The lowest BCUT2D eigenvalue weighted by atomic mass is 9.85. The minimum Gasteiger partial charge on any atom is -0.310 e. The van der Waals surface area contributed by atoms with E-state index in [4.69, 9.17) is 0 Å². The lowest BCUT2D eigenvalue weighted by molar-refractivity contribution is 0.119. The van der Waals surface area contributed by atoms with Gasteiger partial charge in [-0.3, -0.25) is 9.80 Å². The molecule has 3 unspecified atom stereocenters. The third-order valence-electron chi connectivity index (χ3n) is 5.89. The standard InChI is InChI=1S/C16H29N3/c1-2-4-16-13(3-1)11-14(17-16)12-18-7-9-19(10-8-18)15-5-6-15/h13-17H,1-12H2. The largest absolute Gasteiger partial charge is 0.310 e. The maximum atomic E-state index is 3.93. The van der Waals surface area contributed by atoms with Gasteiger partial charge in [-0.05, 0) is 38.0 Å². The van der Waals surface area contributed by atoms with Crippen molar-refractivity contribution < 1.29 is 0 Å². The van der Waals surface area contributed by atoms with Crippen molar-refractivity contribution >= 4 is 0 Å². The molecule has 4 fully saturated rings. The van der Waals surface area contributed by atoms with Gasteiger partial charge in [-0.15, -0.1) is 0 Å². The van der Waals surface area contributed by atoms with Crippen molar-refractivity contribution in [3.63, 3.8) is 0 Å². The van der Waals surface area contributed by atoms with Gasteiger partial charge in [0, 0.05) is 50.8 Å². The number of hydrogen-bond acceptors (Lipinski definition) is 3. The second-order valence-corrected chi connectivity index (χ2v) is 7.32. The molecule has 19 heavy (non-hydrogen) atoms. The zero-order valence-electron chi connectivity index (χ0n) is 12.2. The summed E-state index contributed by atoms with van der Waals surface area (Å²) in [4.78, 5) is 5.44. The Morgan fingerprint density at radius 2 is 1.68 bits per heavy atom. The van der Waals surface area contributed by atoms with Crippen LogP contribution in [-0.4, -0.2) is 60.6 Å². The molecular weight excluding hydrogens is 234 g/mol. The van der Waals surface area contributed by atoms with E-state index >= 15 is 0 Å². The van der Waals surface area contributed by atoms with E-state index in [1.807, 2.05) is 0 Å². The molecular formula is C16H29N3. The molecule has 3 heteroatoms. The quantitative estimate of drug-likeness (QED) is 0.836. The first kappa shape index (κ1) is 12.6. The Balaban J connectivity index is 1.24. The van der Waals surface area contributed by atoms with Gasteiger partial charge in [0.15, 0.2) is 0 Å². The predicted molar refractivity (Wildman–Crippen MR) is 78.3 cm³/mol. The van der Waals surface area contributed by atoms with Gasteiger partial charge in [0.2, 0.25) is 0 Å². The summed E-state index contributed by atoms with van der Waals surface area (Å²) in [6.45, 7) is 6.58. The van der Waals surface area contributed by atoms with Crippen molar-refractivity contribution in [3.8, 4) is 0 Å². The molecule has 3 nitrogen and oxygen atoms in total. The van der Waals surface area contributed by atoms with Crippen molar-refractivity contribution in [2.75, 3.05) is 32.7 Å². The summed E-state index contributed by atoms with van der Waals surface area (Å²) in [7, 11) is 0. The van der Waals surface area contributed by atoms with Crippen molar-refractivity contribution in [2.24, 2.45) is 5.92 Å². The molecule has 0 bridgehead atoms. The fourth-order valence-corrected chi connectivity index (χ4v) is 4.64. The molecule has 0 spiro atoms. The Kier molecular flexibility index (Phi) is 3.55. The number of piperazine rings is 1. The monoisotopic (exact) mass is 263 g/mol. The second kappa shape index (κ2) is 5.34. The summed E-state index contributed by atoms with van der Waals surface area (Å²) >= 11 is 0. The van der Waals surface area contributed by atoms with E-state index in [9.17, 15) is 0 Å². The van der Waals surface area contributed by atoms with Crippen LogP contribution in [0.15, 0.2) is 0 Å². The van der Waals surface area contributed by atoms with Crippen molar-refractivity contribution in [1.82, 2.24) is 15.1 Å². The summed E-state index contributed by atoms with van der Waals surface area (Å²) in [6.07, 6.45) is 10.3. The summed E-state index contributed by atoms with van der Waals surface area (Å²) in [5.41, 5.74) is 0. The van der Waals surface area contributed by atoms with Crippen molar-refractivity contribution in [3.05, 3.63) is 0 Å². The molecule has 1 N–H and O–H groups in total. The summed E-state index contributed by atoms with van der Waals surface area (Å²) in [6, 6.07) is 2.63. The average Bonchev–Trinajstić information content (AvgIpc) is 3.20. The van der Waals surface area contributed by atoms with Crippen LogP contribution in [0.3, 0.4) is 0 Å². The second-order valence-electron chi connectivity index (χ2n) is 7.32. The zero-order valence-corrected chi connectivity index (χ0v) is 12.2. The Hall–Kier alpha value is -0.120. The molecule has 2 aliphatic heterocycles. The summed E-state index contributed by atoms with van der Waals surface area (Å²) in [5, 5.41) is 3.93. The Bertz CT molecular complexity index is 293. The molecule has 2 heterocycles. The number of fused-ring (bicyclic) bond motifs is 1. The predicted octanol–water partition coefficient (Wildman–Crippen LogP) is 1.69. The molecule has 0 aromatic heterocycles. The lowest BCUT2D eigenvalue weighted by Crippen LogP contribution is -2.50. The van der Waals surface area contributed by atoms with Crippen LogP contribution in [0.4, 0.5) is 0 Å². The van der Waals surface area contributed by atoms with Crippen LogP contribution in [0.1, 0.15) is 44.9 Å². The van der Waals surface area contributed by atoms with E-state index in [0.29, 0.717) is 0 Å². The van der Waals surface area contributed by atoms with Crippen LogP contribution in [0, 0.1) is 5.92 Å². The number of hydrogen-bond donors (Lipinski definition) is 1. The van der Waals surface area contributed by atoms with E-state index in [1.165, 1.54) is 77.7 Å². The van der Waals surface area contributed by atoms with Gasteiger partial charge in [0.25, 0.3) is 0 Å². The van der Waals surface area contributed by atoms with E-state index in [1.54, 1.807) is 0 Å². The van der Waals surface area contributed by atoms with Crippen molar-refractivity contribution in [2.45, 2.75) is 63.1 Å². The van der Waals surface area contributed by atoms with Crippen LogP contribution in [0.2, 0.25) is 0 Å². The first-order valence-electron chi connectivity index (χ1n) is 8.61. The maximum absolute atomic E-state index is 3.93. The molecule has 2 saturated heterocycles. The molecule has 0 amide bonds. The smallest absolute Gasteiger partial charge is 0.0200 e.